The van der Waals surface area contributed by atoms with Crippen molar-refractivity contribution in [3.8, 4) is 6.07 Å². The van der Waals surface area contributed by atoms with E-state index >= 15 is 0 Å². The van der Waals surface area contributed by atoms with Gasteiger partial charge < -0.3 is 10.6 Å². The standard InChI is InChI=1S/C15H11Cl2N3O/c16-11-3-6-13(17)14(7-11)20-15(21)9-19-12-4-1-10(8-18)2-5-12/h1-7,19H,9H2,(H,20,21). The lowest BCUT2D eigenvalue weighted by atomic mass is 10.2. The molecule has 6 heteroatoms. The number of nitrogens with one attached hydrogen (secondary N) is 2. The highest BCUT2D eigenvalue weighted by molar-refractivity contribution is 6.35. The molecule has 2 aromatic rings. The monoisotopic (exact) mass is 319 g/mol. The number of halogens is 2. The number of benzene rings is 2. The third-order valence-electron chi connectivity index (χ3n) is 2.67. The molecule has 2 N–H and O–H groups in total. The highest BCUT2D eigenvalue weighted by atomic mass is 35.5. The van der Waals surface area contributed by atoms with Crippen molar-refractivity contribution < 1.29 is 4.79 Å². The van der Waals surface area contributed by atoms with Crippen molar-refractivity contribution in [2.45, 2.75) is 0 Å². The molecule has 0 aliphatic rings. The molecule has 0 saturated heterocycles. The Morgan fingerprint density at radius 3 is 2.52 bits per heavy atom. The second-order valence-electron chi connectivity index (χ2n) is 4.22. The molecule has 0 fully saturated rings. The minimum Gasteiger partial charge on any atom is -0.376 e. The molecule has 0 saturated carbocycles. The van der Waals surface area contributed by atoms with Gasteiger partial charge in [-0.2, -0.15) is 5.26 Å². The summed E-state index contributed by atoms with van der Waals surface area (Å²) < 4.78 is 0. The van der Waals surface area contributed by atoms with Crippen LogP contribution in [0.15, 0.2) is 42.5 Å². The van der Waals surface area contributed by atoms with Gasteiger partial charge >= 0.3 is 0 Å². The van der Waals surface area contributed by atoms with Crippen LogP contribution >= 0.6 is 23.2 Å². The number of hydrogen-bond donors (Lipinski definition) is 2. The molecule has 1 amide bonds. The molecule has 0 aliphatic heterocycles. The molecule has 0 atom stereocenters. The van der Waals surface area contributed by atoms with Crippen LogP contribution in [-0.4, -0.2) is 12.5 Å². The topological polar surface area (TPSA) is 64.9 Å². The molecule has 106 valence electrons. The van der Waals surface area contributed by atoms with Gasteiger partial charge in [-0.15, -0.1) is 0 Å². The van der Waals surface area contributed by atoms with Crippen LogP contribution in [0, 0.1) is 11.3 Å². The van der Waals surface area contributed by atoms with Crippen LogP contribution in [0.1, 0.15) is 5.56 Å². The summed E-state index contributed by atoms with van der Waals surface area (Å²) in [6.45, 7) is 0.0781. The maximum Gasteiger partial charge on any atom is 0.243 e. The average Bonchev–Trinajstić information content (AvgIpc) is 2.49. The lowest BCUT2D eigenvalue weighted by Crippen LogP contribution is -2.21. The van der Waals surface area contributed by atoms with E-state index in [1.165, 1.54) is 0 Å². The number of carbonyl (C=O) groups excluding carboxylic acids is 1. The largest absolute Gasteiger partial charge is 0.376 e. The lowest BCUT2D eigenvalue weighted by Gasteiger charge is -2.09. The molecule has 4 nitrogen and oxygen atoms in total. The first-order valence-corrected chi connectivity index (χ1v) is 6.83. The fourth-order valence-corrected chi connectivity index (χ4v) is 1.97. The Labute approximate surface area is 132 Å². The first kappa shape index (κ1) is 15.2. The summed E-state index contributed by atoms with van der Waals surface area (Å²) in [6, 6.07) is 13.7. The zero-order chi connectivity index (χ0) is 15.2. The summed E-state index contributed by atoms with van der Waals surface area (Å²) in [6.07, 6.45) is 0. The van der Waals surface area contributed by atoms with E-state index in [1.807, 2.05) is 6.07 Å². The van der Waals surface area contributed by atoms with Crippen LogP contribution in [0.5, 0.6) is 0 Å². The Balaban J connectivity index is 1.92. The third kappa shape index (κ3) is 4.38. The lowest BCUT2D eigenvalue weighted by molar-refractivity contribution is -0.114. The average molecular weight is 320 g/mol. The van der Waals surface area contributed by atoms with E-state index in [0.717, 1.165) is 5.69 Å². The fourth-order valence-electron chi connectivity index (χ4n) is 1.63. The van der Waals surface area contributed by atoms with E-state index in [-0.39, 0.29) is 12.5 Å². The maximum atomic E-state index is 11.8. The quantitative estimate of drug-likeness (QED) is 0.897. The smallest absolute Gasteiger partial charge is 0.243 e. The number of carbonyl (C=O) groups is 1. The van der Waals surface area contributed by atoms with Crippen LogP contribution in [0.2, 0.25) is 10.0 Å². The fraction of sp³-hybridized carbons (Fsp3) is 0.0667. The molecule has 0 heterocycles. The number of anilines is 2. The molecular weight excluding hydrogens is 309 g/mol. The van der Waals surface area contributed by atoms with E-state index in [1.54, 1.807) is 42.5 Å². The van der Waals surface area contributed by atoms with Gasteiger partial charge in [0.2, 0.25) is 5.91 Å². The Morgan fingerprint density at radius 2 is 1.86 bits per heavy atom. The molecule has 21 heavy (non-hydrogen) atoms. The van der Waals surface area contributed by atoms with Gasteiger partial charge in [0.1, 0.15) is 0 Å². The van der Waals surface area contributed by atoms with Gasteiger partial charge in [0.15, 0.2) is 0 Å². The van der Waals surface area contributed by atoms with Crippen molar-refractivity contribution in [1.82, 2.24) is 0 Å². The zero-order valence-corrected chi connectivity index (χ0v) is 12.4. The minimum atomic E-state index is -0.247. The Morgan fingerprint density at radius 1 is 1.14 bits per heavy atom. The van der Waals surface area contributed by atoms with Crippen LogP contribution in [0.4, 0.5) is 11.4 Å². The Kier molecular flexibility index (Phi) is 5.04. The minimum absolute atomic E-state index is 0.0781. The highest BCUT2D eigenvalue weighted by Gasteiger charge is 2.06. The second kappa shape index (κ2) is 6.98. The summed E-state index contributed by atoms with van der Waals surface area (Å²) >= 11 is 11.8. The first-order valence-electron chi connectivity index (χ1n) is 6.07. The van der Waals surface area contributed by atoms with E-state index in [0.29, 0.717) is 21.3 Å². The van der Waals surface area contributed by atoms with Gasteiger partial charge in [-0.1, -0.05) is 23.2 Å². The number of nitriles is 1. The van der Waals surface area contributed by atoms with Gasteiger partial charge in [-0.05, 0) is 42.5 Å². The number of hydrogen-bond acceptors (Lipinski definition) is 3. The normalized spacial score (nSPS) is 9.76. The Hall–Kier alpha value is -2.22. The van der Waals surface area contributed by atoms with Gasteiger partial charge in [0.05, 0.1) is 28.9 Å². The SMILES string of the molecule is N#Cc1ccc(NCC(=O)Nc2cc(Cl)ccc2Cl)cc1. The molecule has 2 rings (SSSR count). The third-order valence-corrected chi connectivity index (χ3v) is 3.23. The van der Waals surface area contributed by atoms with E-state index < -0.39 is 0 Å². The van der Waals surface area contributed by atoms with Crippen molar-refractivity contribution in [1.29, 1.82) is 5.26 Å². The predicted molar refractivity (Wildman–Crippen MR) is 84.7 cm³/mol. The van der Waals surface area contributed by atoms with E-state index in [4.69, 9.17) is 28.5 Å². The first-order chi connectivity index (χ1) is 10.1. The number of amides is 1. The number of rotatable bonds is 4. The molecular formula is C15H11Cl2N3O. The van der Waals surface area contributed by atoms with Gasteiger partial charge in [0, 0.05) is 10.7 Å². The molecule has 2 aromatic carbocycles. The molecule has 0 bridgehead atoms. The maximum absolute atomic E-state index is 11.8. The number of nitrogens with zero attached hydrogens (tertiary/aromatic N) is 1. The summed E-state index contributed by atoms with van der Waals surface area (Å²) in [7, 11) is 0. The summed E-state index contributed by atoms with van der Waals surface area (Å²) in [4.78, 5) is 11.8. The van der Waals surface area contributed by atoms with Crippen molar-refractivity contribution in [3.63, 3.8) is 0 Å². The second-order valence-corrected chi connectivity index (χ2v) is 5.06. The summed E-state index contributed by atoms with van der Waals surface area (Å²) in [5, 5.41) is 15.2. The Bertz CT molecular complexity index is 693. The van der Waals surface area contributed by atoms with Crippen LogP contribution in [0.25, 0.3) is 0 Å². The molecule has 0 aromatic heterocycles. The van der Waals surface area contributed by atoms with Crippen molar-refractivity contribution in [2.24, 2.45) is 0 Å². The zero-order valence-electron chi connectivity index (χ0n) is 10.9. The van der Waals surface area contributed by atoms with Crippen LogP contribution < -0.4 is 10.6 Å². The van der Waals surface area contributed by atoms with E-state index in [9.17, 15) is 4.79 Å². The molecule has 0 aliphatic carbocycles. The molecule has 0 unspecified atom stereocenters. The van der Waals surface area contributed by atoms with Gasteiger partial charge in [-0.25, -0.2) is 0 Å². The van der Waals surface area contributed by atoms with E-state index in [2.05, 4.69) is 10.6 Å². The highest BCUT2D eigenvalue weighted by Crippen LogP contribution is 2.25. The molecule has 0 spiro atoms. The van der Waals surface area contributed by atoms with Gasteiger partial charge in [0.25, 0.3) is 0 Å². The molecule has 0 radical (unpaired) electrons. The van der Waals surface area contributed by atoms with Crippen molar-refractivity contribution >= 4 is 40.5 Å². The van der Waals surface area contributed by atoms with Crippen LogP contribution in [0.3, 0.4) is 0 Å². The predicted octanol–water partition coefficient (Wildman–Crippen LogP) is 3.92. The van der Waals surface area contributed by atoms with Crippen LogP contribution in [-0.2, 0) is 4.79 Å². The summed E-state index contributed by atoms with van der Waals surface area (Å²) in [5.74, 6) is -0.247. The van der Waals surface area contributed by atoms with Crippen molar-refractivity contribution in [3.05, 3.63) is 58.1 Å². The summed E-state index contributed by atoms with van der Waals surface area (Å²) in [5.41, 5.74) is 1.79. The van der Waals surface area contributed by atoms with Crippen molar-refractivity contribution in [2.75, 3.05) is 17.2 Å². The van der Waals surface area contributed by atoms with Gasteiger partial charge in [-0.3, -0.25) is 4.79 Å².